The molecule has 0 radical (unpaired) electrons. The fourth-order valence-corrected chi connectivity index (χ4v) is 2.93. The van der Waals surface area contributed by atoms with Crippen LogP contribution in [0.1, 0.15) is 38.3 Å². The number of rotatable bonds is 6. The number of hydrogen-bond acceptors (Lipinski definition) is 4. The molecule has 1 aliphatic heterocycles. The summed E-state index contributed by atoms with van der Waals surface area (Å²) in [7, 11) is 0. The van der Waals surface area contributed by atoms with Crippen molar-refractivity contribution in [2.24, 2.45) is 5.92 Å². The Morgan fingerprint density at radius 1 is 1.16 bits per heavy atom. The molecule has 7 heteroatoms. The molecule has 1 heterocycles. The lowest BCUT2D eigenvalue weighted by molar-refractivity contribution is -0.122. The molecule has 3 amide bonds. The van der Waals surface area contributed by atoms with E-state index in [1.54, 1.807) is 6.92 Å². The normalized spacial score (nSPS) is 18.0. The molecule has 25 heavy (non-hydrogen) atoms. The molecule has 3 rings (SSSR count). The van der Waals surface area contributed by atoms with E-state index in [2.05, 4.69) is 16.0 Å². The molecule has 0 unspecified atom stereocenters. The molecule has 0 spiro atoms. The SMILES string of the molecule is CCNC(=O)[C@H](C)NC(=O)N[C@H](c1ccc2c(c1)OCCO2)C1CC1. The minimum atomic E-state index is -0.583. The molecule has 3 N–H and O–H groups in total. The molecule has 2 atom stereocenters. The van der Waals surface area contributed by atoms with Gasteiger partial charge >= 0.3 is 6.03 Å². The van der Waals surface area contributed by atoms with E-state index in [4.69, 9.17) is 9.47 Å². The molecular formula is C18H25N3O4. The van der Waals surface area contributed by atoms with Gasteiger partial charge in [-0.2, -0.15) is 0 Å². The molecule has 0 aromatic heterocycles. The van der Waals surface area contributed by atoms with Crippen LogP contribution in [0.5, 0.6) is 11.5 Å². The lowest BCUT2D eigenvalue weighted by Crippen LogP contribution is -2.49. The fourth-order valence-electron chi connectivity index (χ4n) is 2.93. The number of urea groups is 1. The Hall–Kier alpha value is -2.44. The van der Waals surface area contributed by atoms with Crippen molar-refractivity contribution >= 4 is 11.9 Å². The highest BCUT2D eigenvalue weighted by molar-refractivity contribution is 5.86. The van der Waals surface area contributed by atoms with E-state index >= 15 is 0 Å². The molecule has 1 fully saturated rings. The average Bonchev–Trinajstić information content (AvgIpc) is 3.44. The zero-order valence-corrected chi connectivity index (χ0v) is 14.6. The van der Waals surface area contributed by atoms with Crippen molar-refractivity contribution in [2.75, 3.05) is 19.8 Å². The molecule has 136 valence electrons. The van der Waals surface area contributed by atoms with Crippen LogP contribution in [0.25, 0.3) is 0 Å². The van der Waals surface area contributed by atoms with Crippen LogP contribution in [0.4, 0.5) is 4.79 Å². The predicted molar refractivity (Wildman–Crippen MR) is 92.7 cm³/mol. The van der Waals surface area contributed by atoms with Crippen LogP contribution < -0.4 is 25.4 Å². The minimum absolute atomic E-state index is 0.0998. The smallest absolute Gasteiger partial charge is 0.315 e. The third-order valence-corrected chi connectivity index (χ3v) is 4.40. The Kier molecular flexibility index (Phi) is 5.31. The number of carbonyl (C=O) groups is 2. The Bertz CT molecular complexity index is 645. The number of ether oxygens (including phenoxy) is 2. The van der Waals surface area contributed by atoms with Gasteiger partial charge in [0.05, 0.1) is 6.04 Å². The highest BCUT2D eigenvalue weighted by Crippen LogP contribution is 2.43. The van der Waals surface area contributed by atoms with E-state index in [1.165, 1.54) is 0 Å². The Morgan fingerprint density at radius 3 is 2.56 bits per heavy atom. The molecule has 1 aliphatic carbocycles. The van der Waals surface area contributed by atoms with E-state index in [0.717, 1.165) is 24.2 Å². The van der Waals surface area contributed by atoms with Crippen LogP contribution in [0.15, 0.2) is 18.2 Å². The van der Waals surface area contributed by atoms with E-state index < -0.39 is 6.04 Å². The van der Waals surface area contributed by atoms with Crippen LogP contribution in [0.2, 0.25) is 0 Å². The van der Waals surface area contributed by atoms with Gasteiger partial charge in [-0.25, -0.2) is 4.79 Å². The summed E-state index contributed by atoms with van der Waals surface area (Å²) in [6.45, 7) is 5.13. The number of hydrogen-bond donors (Lipinski definition) is 3. The number of likely N-dealkylation sites (N-methyl/N-ethyl adjacent to an activating group) is 1. The van der Waals surface area contributed by atoms with Crippen molar-refractivity contribution in [2.45, 2.75) is 38.8 Å². The quantitative estimate of drug-likeness (QED) is 0.731. The van der Waals surface area contributed by atoms with Crippen molar-refractivity contribution in [3.05, 3.63) is 23.8 Å². The Morgan fingerprint density at radius 2 is 1.88 bits per heavy atom. The summed E-state index contributed by atoms with van der Waals surface area (Å²) in [5, 5.41) is 8.39. The number of fused-ring (bicyclic) bond motifs is 1. The summed E-state index contributed by atoms with van der Waals surface area (Å²) >= 11 is 0. The second kappa shape index (κ2) is 7.63. The van der Waals surface area contributed by atoms with Crippen LogP contribution in [0.3, 0.4) is 0 Å². The number of benzene rings is 1. The van der Waals surface area contributed by atoms with Crippen LogP contribution in [0, 0.1) is 5.92 Å². The lowest BCUT2D eigenvalue weighted by atomic mass is 10.0. The van der Waals surface area contributed by atoms with Crippen molar-refractivity contribution < 1.29 is 19.1 Å². The Labute approximate surface area is 147 Å². The maximum atomic E-state index is 12.3. The van der Waals surface area contributed by atoms with Gasteiger partial charge < -0.3 is 25.4 Å². The first-order valence-corrected chi connectivity index (χ1v) is 8.82. The van der Waals surface area contributed by atoms with Gasteiger partial charge in [0.2, 0.25) is 5.91 Å². The van der Waals surface area contributed by atoms with Gasteiger partial charge in [0.1, 0.15) is 19.3 Å². The summed E-state index contributed by atoms with van der Waals surface area (Å²) in [5.41, 5.74) is 0.993. The first-order valence-electron chi connectivity index (χ1n) is 8.82. The first-order chi connectivity index (χ1) is 12.1. The molecule has 1 aromatic carbocycles. The van der Waals surface area contributed by atoms with Gasteiger partial charge in [-0.15, -0.1) is 0 Å². The molecular weight excluding hydrogens is 322 g/mol. The van der Waals surface area contributed by atoms with E-state index in [0.29, 0.717) is 31.4 Å². The summed E-state index contributed by atoms with van der Waals surface area (Å²) in [4.78, 5) is 24.1. The maximum absolute atomic E-state index is 12.3. The first kappa shape index (κ1) is 17.4. The lowest BCUT2D eigenvalue weighted by Gasteiger charge is -2.24. The van der Waals surface area contributed by atoms with Gasteiger partial charge in [-0.1, -0.05) is 6.07 Å². The molecule has 0 saturated heterocycles. The summed E-state index contributed by atoms with van der Waals surface area (Å²) in [6.07, 6.45) is 2.15. The zero-order valence-electron chi connectivity index (χ0n) is 14.6. The molecule has 2 aliphatic rings. The van der Waals surface area contributed by atoms with Crippen molar-refractivity contribution in [1.29, 1.82) is 0 Å². The topological polar surface area (TPSA) is 88.7 Å². The minimum Gasteiger partial charge on any atom is -0.486 e. The van der Waals surface area contributed by atoms with E-state index in [1.807, 2.05) is 25.1 Å². The summed E-state index contributed by atoms with van der Waals surface area (Å²) in [6, 6.07) is 4.76. The Balaban J connectivity index is 1.65. The van der Waals surface area contributed by atoms with Crippen LogP contribution >= 0.6 is 0 Å². The molecule has 7 nitrogen and oxygen atoms in total. The second-order valence-corrected chi connectivity index (χ2v) is 6.45. The molecule has 0 bridgehead atoms. The zero-order chi connectivity index (χ0) is 17.8. The number of amides is 3. The van der Waals surface area contributed by atoms with Gasteiger partial charge in [0.15, 0.2) is 11.5 Å². The van der Waals surface area contributed by atoms with Gasteiger partial charge in [0.25, 0.3) is 0 Å². The van der Waals surface area contributed by atoms with Crippen molar-refractivity contribution in [1.82, 2.24) is 16.0 Å². The monoisotopic (exact) mass is 347 g/mol. The van der Waals surface area contributed by atoms with Gasteiger partial charge in [-0.05, 0) is 50.3 Å². The second-order valence-electron chi connectivity index (χ2n) is 6.45. The third kappa shape index (κ3) is 4.35. The molecule has 1 aromatic rings. The van der Waals surface area contributed by atoms with E-state index in [-0.39, 0.29) is 18.0 Å². The standard InChI is InChI=1S/C18H25N3O4/c1-3-19-17(22)11(2)20-18(23)21-16(12-4-5-12)13-6-7-14-15(10-13)25-9-8-24-14/h6-7,10-12,16H,3-5,8-9H2,1-2H3,(H,19,22)(H2,20,21,23)/t11-,16-/m0/s1. The summed E-state index contributed by atoms with van der Waals surface area (Å²) < 4.78 is 11.2. The van der Waals surface area contributed by atoms with Gasteiger partial charge in [-0.3, -0.25) is 4.79 Å². The number of carbonyl (C=O) groups excluding carboxylic acids is 2. The largest absolute Gasteiger partial charge is 0.486 e. The van der Waals surface area contributed by atoms with Crippen LogP contribution in [-0.4, -0.2) is 37.7 Å². The maximum Gasteiger partial charge on any atom is 0.315 e. The number of nitrogens with one attached hydrogen (secondary N) is 3. The fraction of sp³-hybridized carbons (Fsp3) is 0.556. The van der Waals surface area contributed by atoms with Crippen molar-refractivity contribution in [3.8, 4) is 11.5 Å². The summed E-state index contributed by atoms with van der Waals surface area (Å²) in [5.74, 6) is 1.67. The van der Waals surface area contributed by atoms with Gasteiger partial charge in [0, 0.05) is 6.54 Å². The highest BCUT2D eigenvalue weighted by atomic mass is 16.6. The highest BCUT2D eigenvalue weighted by Gasteiger charge is 2.34. The third-order valence-electron chi connectivity index (χ3n) is 4.40. The predicted octanol–water partition coefficient (Wildman–Crippen LogP) is 1.73. The van der Waals surface area contributed by atoms with Crippen molar-refractivity contribution in [3.63, 3.8) is 0 Å². The van der Waals surface area contributed by atoms with Crippen LogP contribution in [-0.2, 0) is 4.79 Å². The molecule has 1 saturated carbocycles. The van der Waals surface area contributed by atoms with E-state index in [9.17, 15) is 9.59 Å². The average molecular weight is 347 g/mol.